The quantitative estimate of drug-likeness (QED) is 0.706. The second-order valence-corrected chi connectivity index (χ2v) is 6.41. The van der Waals surface area contributed by atoms with E-state index in [0.717, 1.165) is 31.7 Å². The van der Waals surface area contributed by atoms with E-state index in [0.29, 0.717) is 26.2 Å². The molecule has 1 N–H and O–H groups in total. The van der Waals surface area contributed by atoms with Gasteiger partial charge in [-0.15, -0.1) is 0 Å². The van der Waals surface area contributed by atoms with Crippen molar-refractivity contribution in [1.29, 1.82) is 0 Å². The lowest BCUT2D eigenvalue weighted by Crippen LogP contribution is -2.53. The van der Waals surface area contributed by atoms with Gasteiger partial charge in [-0.2, -0.15) is 0 Å². The highest BCUT2D eigenvalue weighted by atomic mass is 19.1. The SMILES string of the molecule is CCCCCOc1ccc(F)c(COC(=O)N2CCNCC2CC)c1F. The van der Waals surface area contributed by atoms with Gasteiger partial charge in [-0.05, 0) is 25.0 Å². The van der Waals surface area contributed by atoms with Gasteiger partial charge < -0.3 is 19.7 Å². The normalized spacial score (nSPS) is 17.2. The van der Waals surface area contributed by atoms with Crippen LogP contribution in [0.4, 0.5) is 13.6 Å². The first kappa shape index (κ1) is 20.4. The Morgan fingerprint density at radius 2 is 2.12 bits per heavy atom. The van der Waals surface area contributed by atoms with E-state index in [1.165, 1.54) is 6.07 Å². The average Bonchev–Trinajstić information content (AvgIpc) is 2.66. The number of amides is 1. The van der Waals surface area contributed by atoms with Gasteiger partial charge in [-0.25, -0.2) is 13.6 Å². The molecule has 2 rings (SSSR count). The van der Waals surface area contributed by atoms with Crippen LogP contribution in [-0.4, -0.2) is 43.3 Å². The number of unbranched alkanes of at least 4 members (excludes halogenated alkanes) is 2. The predicted molar refractivity (Wildman–Crippen MR) is 95.2 cm³/mol. The third-order valence-corrected chi connectivity index (χ3v) is 4.55. The van der Waals surface area contributed by atoms with Gasteiger partial charge in [-0.3, -0.25) is 0 Å². The molecule has 1 amide bonds. The van der Waals surface area contributed by atoms with E-state index in [-0.39, 0.29) is 17.4 Å². The molecular formula is C19H28F2N2O3. The zero-order valence-electron chi connectivity index (χ0n) is 15.5. The molecule has 0 bridgehead atoms. The van der Waals surface area contributed by atoms with Crippen molar-refractivity contribution >= 4 is 6.09 Å². The number of carbonyl (C=O) groups is 1. The van der Waals surface area contributed by atoms with E-state index in [9.17, 15) is 13.6 Å². The summed E-state index contributed by atoms with van der Waals surface area (Å²) in [6, 6.07) is 2.44. The van der Waals surface area contributed by atoms with Crippen molar-refractivity contribution < 1.29 is 23.0 Å². The van der Waals surface area contributed by atoms with Crippen molar-refractivity contribution in [2.24, 2.45) is 0 Å². The fraction of sp³-hybridized carbons (Fsp3) is 0.632. The molecule has 0 radical (unpaired) electrons. The van der Waals surface area contributed by atoms with Crippen LogP contribution in [0.3, 0.4) is 0 Å². The number of nitrogens with zero attached hydrogens (tertiary/aromatic N) is 1. The Morgan fingerprint density at radius 1 is 1.31 bits per heavy atom. The van der Waals surface area contributed by atoms with Crippen LogP contribution in [0.25, 0.3) is 0 Å². The number of ether oxygens (including phenoxy) is 2. The Bertz CT molecular complexity index is 598. The first-order valence-corrected chi connectivity index (χ1v) is 9.32. The first-order chi connectivity index (χ1) is 12.6. The molecule has 1 unspecified atom stereocenters. The van der Waals surface area contributed by atoms with Crippen LogP contribution in [0.15, 0.2) is 12.1 Å². The Morgan fingerprint density at radius 3 is 2.85 bits per heavy atom. The third kappa shape index (κ3) is 5.30. The highest BCUT2D eigenvalue weighted by Crippen LogP contribution is 2.24. The lowest BCUT2D eigenvalue weighted by Gasteiger charge is -2.34. The lowest BCUT2D eigenvalue weighted by atomic mass is 10.1. The van der Waals surface area contributed by atoms with Crippen LogP contribution in [0, 0.1) is 11.6 Å². The molecule has 0 spiro atoms. The van der Waals surface area contributed by atoms with E-state index >= 15 is 0 Å². The number of piperazine rings is 1. The summed E-state index contributed by atoms with van der Waals surface area (Å²) < 4.78 is 39.1. The Hall–Kier alpha value is -1.89. The highest BCUT2D eigenvalue weighted by Gasteiger charge is 2.27. The predicted octanol–water partition coefficient (Wildman–Crippen LogP) is 3.85. The number of hydrogen-bond acceptors (Lipinski definition) is 4. The maximum absolute atomic E-state index is 14.5. The summed E-state index contributed by atoms with van der Waals surface area (Å²) in [6.45, 7) is 5.84. The largest absolute Gasteiger partial charge is 0.491 e. The molecular weight excluding hydrogens is 342 g/mol. The molecule has 0 saturated carbocycles. The average molecular weight is 370 g/mol. The summed E-state index contributed by atoms with van der Waals surface area (Å²) in [5.74, 6) is -1.56. The molecule has 1 aromatic rings. The van der Waals surface area contributed by atoms with Gasteiger partial charge in [0, 0.05) is 25.7 Å². The molecule has 1 aliphatic heterocycles. The van der Waals surface area contributed by atoms with Gasteiger partial charge in [0.15, 0.2) is 11.6 Å². The molecule has 0 aliphatic carbocycles. The highest BCUT2D eigenvalue weighted by molar-refractivity contribution is 5.68. The number of hydrogen-bond donors (Lipinski definition) is 1. The molecule has 1 saturated heterocycles. The van der Waals surface area contributed by atoms with Gasteiger partial charge in [-0.1, -0.05) is 26.7 Å². The standard InChI is InChI=1S/C19H28F2N2O3/c1-3-5-6-11-25-17-8-7-16(20)15(18(17)21)13-26-19(24)23-10-9-22-12-14(23)4-2/h7-8,14,22H,3-6,9-13H2,1-2H3. The topological polar surface area (TPSA) is 50.8 Å². The van der Waals surface area contributed by atoms with Gasteiger partial charge in [0.2, 0.25) is 0 Å². The van der Waals surface area contributed by atoms with E-state index < -0.39 is 24.3 Å². The molecule has 26 heavy (non-hydrogen) atoms. The lowest BCUT2D eigenvalue weighted by molar-refractivity contribution is 0.0697. The Balaban J connectivity index is 1.98. The molecule has 1 fully saturated rings. The second kappa shape index (κ2) is 10.3. The maximum atomic E-state index is 14.5. The van der Waals surface area contributed by atoms with Crippen molar-refractivity contribution in [2.45, 2.75) is 52.2 Å². The zero-order chi connectivity index (χ0) is 18.9. The summed E-state index contributed by atoms with van der Waals surface area (Å²) in [6.07, 6.45) is 3.05. The minimum atomic E-state index is -0.804. The van der Waals surface area contributed by atoms with E-state index in [1.807, 2.05) is 6.92 Å². The van der Waals surface area contributed by atoms with Gasteiger partial charge in [0.25, 0.3) is 0 Å². The fourth-order valence-electron chi connectivity index (χ4n) is 2.94. The van der Waals surface area contributed by atoms with Crippen LogP contribution >= 0.6 is 0 Å². The van der Waals surface area contributed by atoms with Gasteiger partial charge >= 0.3 is 6.09 Å². The molecule has 146 valence electrons. The van der Waals surface area contributed by atoms with E-state index in [2.05, 4.69) is 12.2 Å². The summed E-state index contributed by atoms with van der Waals surface area (Å²) in [5, 5.41) is 3.21. The molecule has 5 nitrogen and oxygen atoms in total. The first-order valence-electron chi connectivity index (χ1n) is 9.32. The zero-order valence-corrected chi connectivity index (χ0v) is 15.5. The number of halogens is 2. The molecule has 1 aromatic carbocycles. The maximum Gasteiger partial charge on any atom is 0.410 e. The minimum Gasteiger partial charge on any atom is -0.491 e. The molecule has 1 atom stereocenters. The monoisotopic (exact) mass is 370 g/mol. The third-order valence-electron chi connectivity index (χ3n) is 4.55. The van der Waals surface area contributed by atoms with Crippen molar-refractivity contribution in [3.63, 3.8) is 0 Å². The summed E-state index contributed by atoms with van der Waals surface area (Å²) in [7, 11) is 0. The van der Waals surface area contributed by atoms with Crippen LogP contribution in [-0.2, 0) is 11.3 Å². The van der Waals surface area contributed by atoms with Crippen molar-refractivity contribution in [3.8, 4) is 5.75 Å². The van der Waals surface area contributed by atoms with E-state index in [1.54, 1.807) is 4.90 Å². The number of carbonyl (C=O) groups excluding carboxylic acids is 1. The summed E-state index contributed by atoms with van der Waals surface area (Å²) in [5.41, 5.74) is -0.283. The number of rotatable bonds is 8. The van der Waals surface area contributed by atoms with Crippen molar-refractivity contribution in [2.75, 3.05) is 26.2 Å². The van der Waals surface area contributed by atoms with Crippen LogP contribution in [0.1, 0.15) is 45.1 Å². The minimum absolute atomic E-state index is 0.0119. The van der Waals surface area contributed by atoms with Crippen LogP contribution in [0.5, 0.6) is 5.75 Å². The summed E-state index contributed by atoms with van der Waals surface area (Å²) >= 11 is 0. The van der Waals surface area contributed by atoms with Gasteiger partial charge in [0.1, 0.15) is 12.4 Å². The molecule has 7 heteroatoms. The number of nitrogens with one attached hydrogen (secondary N) is 1. The smallest absolute Gasteiger partial charge is 0.410 e. The second-order valence-electron chi connectivity index (χ2n) is 6.41. The summed E-state index contributed by atoms with van der Waals surface area (Å²) in [4.78, 5) is 13.9. The molecule has 1 aliphatic rings. The number of benzene rings is 1. The molecule has 0 aromatic heterocycles. The van der Waals surface area contributed by atoms with E-state index in [4.69, 9.17) is 9.47 Å². The Labute approximate surface area is 153 Å². The fourth-order valence-corrected chi connectivity index (χ4v) is 2.94. The molecule has 1 heterocycles. The van der Waals surface area contributed by atoms with Crippen LogP contribution < -0.4 is 10.1 Å². The van der Waals surface area contributed by atoms with Crippen molar-refractivity contribution in [3.05, 3.63) is 29.3 Å². The van der Waals surface area contributed by atoms with Crippen LogP contribution in [0.2, 0.25) is 0 Å². The Kier molecular flexibility index (Phi) is 8.09. The van der Waals surface area contributed by atoms with Crippen molar-refractivity contribution in [1.82, 2.24) is 10.2 Å². The van der Waals surface area contributed by atoms with Gasteiger partial charge in [0.05, 0.1) is 12.2 Å².